The zero-order valence-corrected chi connectivity index (χ0v) is 14.7. The molecule has 2 fully saturated rings. The van der Waals surface area contributed by atoms with Crippen molar-refractivity contribution in [1.29, 1.82) is 0 Å². The van der Waals surface area contributed by atoms with E-state index in [2.05, 4.69) is 4.98 Å². The van der Waals surface area contributed by atoms with Crippen molar-refractivity contribution in [1.82, 2.24) is 14.8 Å². The zero-order chi connectivity index (χ0) is 19.0. The van der Waals surface area contributed by atoms with Crippen LogP contribution in [0.4, 0.5) is 9.18 Å². The topological polar surface area (TPSA) is 72.0 Å². The molecule has 3 heterocycles. The van der Waals surface area contributed by atoms with Gasteiger partial charge >= 0.3 is 6.09 Å². The molecule has 1 aromatic carbocycles. The predicted octanol–water partition coefficient (Wildman–Crippen LogP) is 2.07. The van der Waals surface area contributed by atoms with E-state index in [1.165, 1.54) is 25.3 Å². The van der Waals surface area contributed by atoms with Gasteiger partial charge in [0.05, 0.1) is 37.5 Å². The number of amides is 2. The normalized spacial score (nSPS) is 21.2. The molecule has 2 amide bonds. The van der Waals surface area contributed by atoms with Crippen molar-refractivity contribution in [3.63, 3.8) is 0 Å². The fourth-order valence-corrected chi connectivity index (χ4v) is 3.57. The van der Waals surface area contributed by atoms with Crippen LogP contribution in [0.3, 0.4) is 0 Å². The van der Waals surface area contributed by atoms with Crippen molar-refractivity contribution in [2.75, 3.05) is 20.2 Å². The molecule has 7 nitrogen and oxygen atoms in total. The van der Waals surface area contributed by atoms with Gasteiger partial charge in [-0.25, -0.2) is 9.18 Å². The van der Waals surface area contributed by atoms with Crippen molar-refractivity contribution < 1.29 is 23.5 Å². The largest absolute Gasteiger partial charge is 0.493 e. The van der Waals surface area contributed by atoms with E-state index >= 15 is 0 Å². The molecule has 2 atom stereocenters. The van der Waals surface area contributed by atoms with E-state index in [-0.39, 0.29) is 29.8 Å². The third-order valence-corrected chi connectivity index (χ3v) is 4.87. The molecule has 0 radical (unpaired) electrons. The summed E-state index contributed by atoms with van der Waals surface area (Å²) >= 11 is 0. The number of methoxy groups -OCH3 is 1. The number of halogens is 1. The molecule has 4 rings (SSSR count). The highest BCUT2D eigenvalue weighted by molar-refractivity contribution is 5.97. The highest BCUT2D eigenvalue weighted by Gasteiger charge is 2.49. The highest BCUT2D eigenvalue weighted by atomic mass is 19.1. The summed E-state index contributed by atoms with van der Waals surface area (Å²) in [6, 6.07) is 9.45. The van der Waals surface area contributed by atoms with Crippen molar-refractivity contribution >= 4 is 12.0 Å². The molecule has 0 unspecified atom stereocenters. The second kappa shape index (κ2) is 6.86. The van der Waals surface area contributed by atoms with Crippen LogP contribution in [0.1, 0.15) is 16.1 Å². The van der Waals surface area contributed by atoms with Crippen LogP contribution >= 0.6 is 0 Å². The summed E-state index contributed by atoms with van der Waals surface area (Å²) in [5.74, 6) is -1.03. The Bertz CT molecular complexity index is 877. The van der Waals surface area contributed by atoms with Gasteiger partial charge in [0, 0.05) is 12.7 Å². The maximum absolute atomic E-state index is 13.9. The number of benzene rings is 1. The molecule has 8 heteroatoms. The predicted molar refractivity (Wildman–Crippen MR) is 92.7 cm³/mol. The van der Waals surface area contributed by atoms with E-state index in [1.807, 2.05) is 12.1 Å². The van der Waals surface area contributed by atoms with E-state index in [0.717, 1.165) is 5.69 Å². The fourth-order valence-electron chi connectivity index (χ4n) is 3.57. The number of para-hydroxylation sites is 1. The van der Waals surface area contributed by atoms with Crippen LogP contribution in [-0.4, -0.2) is 59.1 Å². The van der Waals surface area contributed by atoms with E-state index in [4.69, 9.17) is 9.47 Å². The summed E-state index contributed by atoms with van der Waals surface area (Å²) in [6.07, 6.45) is 0.838. The molecule has 140 valence electrons. The number of hydrogen-bond acceptors (Lipinski definition) is 5. The van der Waals surface area contributed by atoms with Gasteiger partial charge in [-0.2, -0.15) is 0 Å². The first-order chi connectivity index (χ1) is 13.1. The van der Waals surface area contributed by atoms with Gasteiger partial charge in [0.1, 0.15) is 6.10 Å². The summed E-state index contributed by atoms with van der Waals surface area (Å²) in [4.78, 5) is 32.4. The number of rotatable bonds is 4. The van der Waals surface area contributed by atoms with Gasteiger partial charge in [0.15, 0.2) is 11.6 Å². The van der Waals surface area contributed by atoms with Gasteiger partial charge in [0.25, 0.3) is 5.91 Å². The molecule has 0 spiro atoms. The molecule has 2 aromatic rings. The summed E-state index contributed by atoms with van der Waals surface area (Å²) in [7, 11) is 1.32. The number of aromatic nitrogens is 1. The lowest BCUT2D eigenvalue weighted by Crippen LogP contribution is -2.39. The maximum Gasteiger partial charge on any atom is 0.410 e. The number of fused-ring (bicyclic) bond motifs is 1. The highest BCUT2D eigenvalue weighted by Crippen LogP contribution is 2.31. The third kappa shape index (κ3) is 3.07. The monoisotopic (exact) mass is 371 g/mol. The summed E-state index contributed by atoms with van der Waals surface area (Å²) in [5, 5.41) is 0. The van der Waals surface area contributed by atoms with Crippen molar-refractivity contribution in [2.45, 2.75) is 18.7 Å². The average Bonchev–Trinajstić information content (AvgIpc) is 3.20. The first-order valence-corrected chi connectivity index (χ1v) is 8.57. The molecule has 27 heavy (non-hydrogen) atoms. The van der Waals surface area contributed by atoms with Crippen LogP contribution < -0.4 is 4.74 Å². The minimum Gasteiger partial charge on any atom is -0.493 e. The van der Waals surface area contributed by atoms with Crippen LogP contribution in [0.15, 0.2) is 42.6 Å². The smallest absolute Gasteiger partial charge is 0.410 e. The number of nitrogens with zero attached hydrogens (tertiary/aromatic N) is 3. The lowest BCUT2D eigenvalue weighted by atomic mass is 10.1. The third-order valence-electron chi connectivity index (χ3n) is 4.87. The molecular formula is C19H18FN3O4. The molecule has 2 aliphatic rings. The number of pyridine rings is 1. The maximum atomic E-state index is 13.9. The molecule has 0 aliphatic carbocycles. The Morgan fingerprint density at radius 3 is 2.89 bits per heavy atom. The first kappa shape index (κ1) is 17.3. The van der Waals surface area contributed by atoms with E-state index in [9.17, 15) is 14.0 Å². The Kier molecular flexibility index (Phi) is 4.39. The van der Waals surface area contributed by atoms with Crippen LogP contribution in [0.5, 0.6) is 5.75 Å². The lowest BCUT2D eigenvalue weighted by Gasteiger charge is -2.22. The van der Waals surface area contributed by atoms with Crippen molar-refractivity contribution in [3.8, 4) is 5.75 Å². The molecule has 0 bridgehead atoms. The molecule has 0 N–H and O–H groups in total. The molecule has 1 aromatic heterocycles. The van der Waals surface area contributed by atoms with Gasteiger partial charge in [0.2, 0.25) is 0 Å². The van der Waals surface area contributed by atoms with Crippen LogP contribution in [0.25, 0.3) is 0 Å². The van der Waals surface area contributed by atoms with E-state index in [0.29, 0.717) is 13.1 Å². The minimum atomic E-state index is -0.592. The number of hydrogen-bond donors (Lipinski definition) is 0. The van der Waals surface area contributed by atoms with Crippen LogP contribution in [0, 0.1) is 5.82 Å². The Hall–Kier alpha value is -3.16. The quantitative estimate of drug-likeness (QED) is 0.823. The number of carbonyl (C=O) groups excluding carboxylic acids is 2. The first-order valence-electron chi connectivity index (χ1n) is 8.57. The number of carbonyl (C=O) groups is 2. The van der Waals surface area contributed by atoms with Gasteiger partial charge in [-0.15, -0.1) is 0 Å². The number of likely N-dealkylation sites (tertiary alicyclic amines) is 1. The molecule has 2 saturated heterocycles. The van der Waals surface area contributed by atoms with E-state index in [1.54, 1.807) is 22.1 Å². The molecule has 2 aliphatic heterocycles. The average molecular weight is 371 g/mol. The minimum absolute atomic E-state index is 0.0816. The second-order valence-corrected chi connectivity index (χ2v) is 6.47. The fraction of sp³-hybridized carbons (Fsp3) is 0.316. The Morgan fingerprint density at radius 1 is 1.30 bits per heavy atom. The Balaban J connectivity index is 1.52. The van der Waals surface area contributed by atoms with E-state index < -0.39 is 18.0 Å². The Morgan fingerprint density at radius 2 is 2.15 bits per heavy atom. The van der Waals surface area contributed by atoms with Crippen LogP contribution in [0.2, 0.25) is 0 Å². The lowest BCUT2D eigenvalue weighted by molar-refractivity contribution is 0.0722. The van der Waals surface area contributed by atoms with Crippen LogP contribution in [-0.2, 0) is 11.3 Å². The van der Waals surface area contributed by atoms with Crippen molar-refractivity contribution in [3.05, 3.63) is 59.7 Å². The number of ether oxygens (including phenoxy) is 2. The van der Waals surface area contributed by atoms with Crippen molar-refractivity contribution in [2.24, 2.45) is 0 Å². The zero-order valence-electron chi connectivity index (χ0n) is 14.7. The second-order valence-electron chi connectivity index (χ2n) is 6.47. The van der Waals surface area contributed by atoms with Gasteiger partial charge in [-0.1, -0.05) is 12.1 Å². The van der Waals surface area contributed by atoms with Gasteiger partial charge < -0.3 is 14.4 Å². The van der Waals surface area contributed by atoms with Gasteiger partial charge in [-0.05, 0) is 24.3 Å². The molecular weight excluding hydrogens is 353 g/mol. The standard InChI is InChI=1S/C19H18FN3O4/c1-26-17-13(6-4-7-14(17)20)18(24)22-10-15-16(11-22)27-19(25)23(15)9-12-5-2-3-8-21-12/h2-8,15-16H,9-11H2,1H3/t15-,16+/m0/s1. The summed E-state index contributed by atoms with van der Waals surface area (Å²) < 4.78 is 24.4. The summed E-state index contributed by atoms with van der Waals surface area (Å²) in [6.45, 7) is 0.877. The molecule has 0 saturated carbocycles. The summed E-state index contributed by atoms with van der Waals surface area (Å²) in [5.41, 5.74) is 0.895. The Labute approximate surface area is 155 Å². The SMILES string of the molecule is COc1c(F)cccc1C(=O)N1C[C@H]2OC(=O)N(Cc3ccccn3)[C@H]2C1. The van der Waals surface area contributed by atoms with Gasteiger partial charge in [-0.3, -0.25) is 14.7 Å².